The lowest BCUT2D eigenvalue weighted by Gasteiger charge is -2.19. The van der Waals surface area contributed by atoms with Crippen LogP contribution in [0.5, 0.6) is 0 Å². The van der Waals surface area contributed by atoms with Gasteiger partial charge in [-0.25, -0.2) is 5.43 Å². The van der Waals surface area contributed by atoms with Crippen LogP contribution in [0.1, 0.15) is 6.42 Å². The van der Waals surface area contributed by atoms with Gasteiger partial charge >= 0.3 is 0 Å². The smallest absolute Gasteiger partial charge is 0.179 e. The summed E-state index contributed by atoms with van der Waals surface area (Å²) >= 11 is 0. The molecular formula is C14H12N2O. The molecule has 3 aliphatic carbocycles. The third-order valence-electron chi connectivity index (χ3n) is 3.78. The van der Waals surface area contributed by atoms with Gasteiger partial charge in [0.15, 0.2) is 5.78 Å². The number of hydrazine groups is 1. The largest absolute Gasteiger partial charge is 0.290 e. The Kier molecular flexibility index (Phi) is 1.73. The van der Waals surface area contributed by atoms with E-state index in [1.54, 1.807) is 12.2 Å². The molecule has 0 spiro atoms. The summed E-state index contributed by atoms with van der Waals surface area (Å²) in [4.78, 5) is 11.4. The topological polar surface area (TPSA) is 41.1 Å². The predicted molar refractivity (Wildman–Crippen MR) is 65.0 cm³/mol. The van der Waals surface area contributed by atoms with Crippen LogP contribution in [0.25, 0.3) is 0 Å². The molecule has 0 amide bonds. The quantitative estimate of drug-likeness (QED) is 0.647. The molecule has 4 aliphatic rings. The molecule has 0 aromatic rings. The van der Waals surface area contributed by atoms with E-state index in [0.29, 0.717) is 6.04 Å². The van der Waals surface area contributed by atoms with E-state index in [-0.39, 0.29) is 5.78 Å². The van der Waals surface area contributed by atoms with Crippen molar-refractivity contribution < 1.29 is 4.79 Å². The highest BCUT2D eigenvalue weighted by Crippen LogP contribution is 2.42. The normalized spacial score (nSPS) is 29.5. The summed E-state index contributed by atoms with van der Waals surface area (Å²) in [6.07, 6.45) is 10.8. The molecule has 0 saturated carbocycles. The summed E-state index contributed by atoms with van der Waals surface area (Å²) < 4.78 is 0. The first-order valence-corrected chi connectivity index (χ1v) is 5.91. The molecular weight excluding hydrogens is 212 g/mol. The number of allylic oxidation sites excluding steroid dienone is 8. The van der Waals surface area contributed by atoms with Gasteiger partial charge in [0.1, 0.15) is 0 Å². The van der Waals surface area contributed by atoms with Gasteiger partial charge in [-0.15, -0.1) is 0 Å². The Labute approximate surface area is 99.2 Å². The number of hydrogen-bond donors (Lipinski definition) is 2. The summed E-state index contributed by atoms with van der Waals surface area (Å²) in [6, 6.07) is 0.422. The minimum atomic E-state index is 0.0918. The van der Waals surface area contributed by atoms with Crippen molar-refractivity contribution in [1.82, 2.24) is 10.9 Å². The van der Waals surface area contributed by atoms with Gasteiger partial charge in [-0.1, -0.05) is 12.2 Å². The first kappa shape index (κ1) is 9.33. The molecule has 1 atom stereocenters. The second kappa shape index (κ2) is 3.15. The van der Waals surface area contributed by atoms with Crippen molar-refractivity contribution in [1.29, 1.82) is 0 Å². The lowest BCUT2D eigenvalue weighted by atomic mass is 9.87. The molecule has 3 heteroatoms. The molecule has 0 radical (unpaired) electrons. The van der Waals surface area contributed by atoms with Gasteiger partial charge < -0.3 is 0 Å². The number of rotatable bonds is 0. The highest BCUT2D eigenvalue weighted by Gasteiger charge is 2.32. The highest BCUT2D eigenvalue weighted by molar-refractivity contribution is 6.04. The molecule has 1 heterocycles. The van der Waals surface area contributed by atoms with Crippen molar-refractivity contribution in [3.05, 3.63) is 58.2 Å². The maximum absolute atomic E-state index is 11.4. The van der Waals surface area contributed by atoms with Gasteiger partial charge in [-0.05, 0) is 52.5 Å². The molecule has 1 saturated heterocycles. The Morgan fingerprint density at radius 1 is 1.18 bits per heavy atom. The monoisotopic (exact) mass is 224 g/mol. The molecule has 1 fully saturated rings. The van der Waals surface area contributed by atoms with Crippen molar-refractivity contribution in [3.63, 3.8) is 0 Å². The van der Waals surface area contributed by atoms with E-state index < -0.39 is 0 Å². The Morgan fingerprint density at radius 2 is 2.12 bits per heavy atom. The summed E-state index contributed by atoms with van der Waals surface area (Å²) in [6.45, 7) is 0.895. The van der Waals surface area contributed by atoms with Crippen LogP contribution in [-0.4, -0.2) is 18.4 Å². The van der Waals surface area contributed by atoms with Crippen molar-refractivity contribution >= 4 is 5.78 Å². The fourth-order valence-corrected chi connectivity index (χ4v) is 2.96. The fourth-order valence-electron chi connectivity index (χ4n) is 2.96. The Morgan fingerprint density at radius 3 is 3.06 bits per heavy atom. The number of fused-ring (bicyclic) bond motifs is 4. The summed E-state index contributed by atoms with van der Waals surface area (Å²) in [7, 11) is 0. The molecule has 1 unspecified atom stereocenters. The van der Waals surface area contributed by atoms with Crippen LogP contribution in [0.2, 0.25) is 0 Å². The fraction of sp³-hybridized carbons (Fsp3) is 0.214. The van der Waals surface area contributed by atoms with Gasteiger partial charge in [0.05, 0.1) is 0 Å². The van der Waals surface area contributed by atoms with Gasteiger partial charge in [0.2, 0.25) is 0 Å². The Hall–Kier alpha value is -1.71. The molecule has 0 bridgehead atoms. The predicted octanol–water partition coefficient (Wildman–Crippen LogP) is 1.09. The van der Waals surface area contributed by atoms with E-state index >= 15 is 0 Å². The van der Waals surface area contributed by atoms with Crippen LogP contribution in [0, 0.1) is 0 Å². The van der Waals surface area contributed by atoms with E-state index in [1.165, 1.54) is 22.3 Å². The van der Waals surface area contributed by atoms with Crippen LogP contribution in [0.3, 0.4) is 0 Å². The molecule has 1 aliphatic heterocycles. The van der Waals surface area contributed by atoms with Gasteiger partial charge in [0.25, 0.3) is 0 Å². The summed E-state index contributed by atoms with van der Waals surface area (Å²) in [5, 5.41) is 0. The number of carbonyl (C=O) groups excluding carboxylic acids is 1. The summed E-state index contributed by atoms with van der Waals surface area (Å²) in [5.41, 5.74) is 12.7. The molecule has 17 heavy (non-hydrogen) atoms. The van der Waals surface area contributed by atoms with E-state index in [1.807, 2.05) is 6.08 Å². The van der Waals surface area contributed by atoms with Gasteiger partial charge in [0, 0.05) is 12.6 Å². The van der Waals surface area contributed by atoms with Crippen LogP contribution in [-0.2, 0) is 4.79 Å². The van der Waals surface area contributed by atoms with E-state index in [0.717, 1.165) is 18.5 Å². The molecule has 3 nitrogen and oxygen atoms in total. The third-order valence-corrected chi connectivity index (χ3v) is 3.78. The number of ketones is 1. The van der Waals surface area contributed by atoms with Crippen LogP contribution < -0.4 is 10.9 Å². The lowest BCUT2D eigenvalue weighted by molar-refractivity contribution is -0.110. The van der Waals surface area contributed by atoms with Crippen molar-refractivity contribution in [2.45, 2.75) is 12.5 Å². The van der Waals surface area contributed by atoms with Crippen molar-refractivity contribution in [3.8, 4) is 0 Å². The zero-order valence-corrected chi connectivity index (χ0v) is 9.29. The third kappa shape index (κ3) is 1.21. The zero-order valence-electron chi connectivity index (χ0n) is 9.29. The van der Waals surface area contributed by atoms with Crippen LogP contribution in [0.4, 0.5) is 0 Å². The maximum atomic E-state index is 11.4. The van der Waals surface area contributed by atoms with Crippen LogP contribution in [0.15, 0.2) is 58.2 Å². The molecule has 4 rings (SSSR count). The lowest BCUT2D eigenvalue weighted by Crippen LogP contribution is -2.30. The Balaban J connectivity index is 1.91. The van der Waals surface area contributed by atoms with Gasteiger partial charge in [-0.3, -0.25) is 10.2 Å². The first-order chi connectivity index (χ1) is 8.33. The summed E-state index contributed by atoms with van der Waals surface area (Å²) in [5.74, 6) is 0.0918. The standard InChI is InChI=1S/C14H12N2O/c17-9-2-1-8-5-12-10(11(8)6-9)3-4-14-13(12)7-15-16-14/h1-3,5-6,14-16H,4,7H2. The van der Waals surface area contributed by atoms with Crippen molar-refractivity contribution in [2.24, 2.45) is 0 Å². The average molecular weight is 224 g/mol. The molecule has 84 valence electrons. The Bertz CT molecular complexity index is 587. The maximum Gasteiger partial charge on any atom is 0.179 e. The second-order valence-electron chi connectivity index (χ2n) is 4.74. The van der Waals surface area contributed by atoms with E-state index in [4.69, 9.17) is 0 Å². The molecule has 0 aromatic carbocycles. The average Bonchev–Trinajstić information content (AvgIpc) is 2.91. The van der Waals surface area contributed by atoms with E-state index in [2.05, 4.69) is 23.0 Å². The molecule has 2 N–H and O–H groups in total. The number of hydrogen-bond acceptors (Lipinski definition) is 3. The van der Waals surface area contributed by atoms with Crippen molar-refractivity contribution in [2.75, 3.05) is 6.54 Å². The van der Waals surface area contributed by atoms with Crippen LogP contribution >= 0.6 is 0 Å². The van der Waals surface area contributed by atoms with Gasteiger partial charge in [-0.2, -0.15) is 0 Å². The number of nitrogens with one attached hydrogen (secondary N) is 2. The SMILES string of the molecule is O=C1C=CC2=CC3=C4CNNC4CC=C3C2=C1. The first-order valence-electron chi connectivity index (χ1n) is 5.91. The molecule has 0 aromatic heterocycles. The highest BCUT2D eigenvalue weighted by atomic mass is 16.1. The zero-order chi connectivity index (χ0) is 11.4. The van der Waals surface area contributed by atoms with E-state index in [9.17, 15) is 4.79 Å². The second-order valence-corrected chi connectivity index (χ2v) is 4.74. The minimum absolute atomic E-state index is 0.0918. The minimum Gasteiger partial charge on any atom is -0.290 e. The number of carbonyl (C=O) groups is 1.